The summed E-state index contributed by atoms with van der Waals surface area (Å²) < 4.78 is 30.8. The summed E-state index contributed by atoms with van der Waals surface area (Å²) in [6.45, 7) is 2.43. The molecule has 0 N–H and O–H groups in total. The minimum Gasteiger partial charge on any atom is -0.487 e. The molecule has 0 spiro atoms. The average Bonchev–Trinajstić information content (AvgIpc) is 2.87. The number of fused-ring (bicyclic) bond motifs is 2. The molecule has 0 bridgehead atoms. The second kappa shape index (κ2) is 11.5. The highest BCUT2D eigenvalue weighted by Crippen LogP contribution is 2.32. The van der Waals surface area contributed by atoms with Gasteiger partial charge in [0.1, 0.15) is 12.4 Å². The van der Waals surface area contributed by atoms with Crippen molar-refractivity contribution in [2.45, 2.75) is 13.0 Å². The number of hydrogen-bond acceptors (Lipinski definition) is 6. The number of hydrogen-bond donors (Lipinski definition) is 0. The summed E-state index contributed by atoms with van der Waals surface area (Å²) >= 11 is 0. The maximum absolute atomic E-state index is 13.2. The van der Waals surface area contributed by atoms with Crippen molar-refractivity contribution in [3.63, 3.8) is 0 Å². The Balaban J connectivity index is 1.49. The molecule has 0 atom stereocenters. The molecule has 8 heteroatoms. The largest absolute Gasteiger partial charge is 0.487 e. The van der Waals surface area contributed by atoms with Crippen LogP contribution in [0.1, 0.15) is 12.0 Å². The molecule has 1 amide bonds. The summed E-state index contributed by atoms with van der Waals surface area (Å²) in [5.41, 5.74) is 1.64. The van der Waals surface area contributed by atoms with Gasteiger partial charge in [-0.15, -0.1) is 0 Å². The monoisotopic (exact) mass is 465 g/mol. The lowest BCUT2D eigenvalue weighted by Crippen LogP contribution is -2.36. The highest BCUT2D eigenvalue weighted by Gasteiger charge is 2.19. The molecule has 2 aromatic carbocycles. The molecule has 0 saturated heterocycles. The van der Waals surface area contributed by atoms with E-state index >= 15 is 0 Å². The van der Waals surface area contributed by atoms with Gasteiger partial charge in [-0.1, -0.05) is 18.2 Å². The first kappa shape index (κ1) is 23.5. The molecule has 0 fully saturated rings. The highest BCUT2D eigenvalue weighted by molar-refractivity contribution is 5.77. The van der Waals surface area contributed by atoms with E-state index in [1.807, 2.05) is 48.3 Å². The summed E-state index contributed by atoms with van der Waals surface area (Å²) in [7, 11) is 1.88. The van der Waals surface area contributed by atoms with Crippen LogP contribution in [0.5, 0.6) is 17.4 Å². The standard InChI is InChI=1S/C26H28FN3O4/c1-29(22-10-8-21(27)9-11-22)14-12-25(31)30-15-16-32-17-18-33-23-6-2-3-7-24(23)34-26-20(19-30)5-4-13-28-26/h2-11,13H,12,14-19H2,1H3. The minimum atomic E-state index is -0.286. The third-order valence-electron chi connectivity index (χ3n) is 5.54. The van der Waals surface area contributed by atoms with Crippen LogP contribution in [0.2, 0.25) is 0 Å². The lowest BCUT2D eigenvalue weighted by atomic mass is 10.2. The number of nitrogens with zero attached hydrogens (tertiary/aromatic N) is 3. The molecule has 34 heavy (non-hydrogen) atoms. The van der Waals surface area contributed by atoms with E-state index in [4.69, 9.17) is 14.2 Å². The first-order valence-corrected chi connectivity index (χ1v) is 11.3. The molecule has 1 aliphatic heterocycles. The molecule has 0 saturated carbocycles. The van der Waals surface area contributed by atoms with Crippen LogP contribution in [0.25, 0.3) is 0 Å². The molecule has 1 aromatic heterocycles. The Kier molecular flexibility index (Phi) is 7.93. The quantitative estimate of drug-likeness (QED) is 0.573. The van der Waals surface area contributed by atoms with E-state index in [1.54, 1.807) is 23.2 Å². The number of pyridine rings is 1. The van der Waals surface area contributed by atoms with E-state index in [9.17, 15) is 9.18 Å². The number of carbonyl (C=O) groups is 1. The molecule has 2 heterocycles. The van der Waals surface area contributed by atoms with E-state index in [2.05, 4.69) is 4.98 Å². The number of anilines is 1. The van der Waals surface area contributed by atoms with E-state index in [0.29, 0.717) is 63.3 Å². The Bertz CT molecular complexity index is 1090. The van der Waals surface area contributed by atoms with Crippen LogP contribution in [0.15, 0.2) is 66.9 Å². The molecule has 3 aromatic rings. The number of amides is 1. The van der Waals surface area contributed by atoms with Crippen molar-refractivity contribution in [3.8, 4) is 17.4 Å². The van der Waals surface area contributed by atoms with Crippen molar-refractivity contribution in [2.24, 2.45) is 0 Å². The Labute approximate surface area is 198 Å². The predicted molar refractivity (Wildman–Crippen MR) is 127 cm³/mol. The topological polar surface area (TPSA) is 64.1 Å². The predicted octanol–water partition coefficient (Wildman–Crippen LogP) is 4.28. The molecule has 0 radical (unpaired) electrons. The van der Waals surface area contributed by atoms with Gasteiger partial charge < -0.3 is 24.0 Å². The fourth-order valence-electron chi connectivity index (χ4n) is 3.63. The molecule has 178 valence electrons. The van der Waals surface area contributed by atoms with E-state index in [-0.39, 0.29) is 11.7 Å². The molecular formula is C26H28FN3O4. The van der Waals surface area contributed by atoms with Gasteiger partial charge in [0.25, 0.3) is 0 Å². The van der Waals surface area contributed by atoms with Gasteiger partial charge >= 0.3 is 0 Å². The zero-order valence-corrected chi connectivity index (χ0v) is 19.2. The van der Waals surface area contributed by atoms with Crippen molar-refractivity contribution in [2.75, 3.05) is 44.9 Å². The second-order valence-corrected chi connectivity index (χ2v) is 7.94. The summed E-state index contributed by atoms with van der Waals surface area (Å²) in [6, 6.07) is 17.4. The third kappa shape index (κ3) is 6.23. The highest BCUT2D eigenvalue weighted by atomic mass is 19.1. The van der Waals surface area contributed by atoms with Gasteiger partial charge in [0.2, 0.25) is 11.8 Å². The lowest BCUT2D eigenvalue weighted by molar-refractivity contribution is -0.132. The van der Waals surface area contributed by atoms with Gasteiger partial charge in [-0.05, 0) is 42.5 Å². The summed E-state index contributed by atoms with van der Waals surface area (Å²) in [4.78, 5) is 21.3. The molecule has 0 aliphatic carbocycles. The number of carbonyl (C=O) groups excluding carboxylic acids is 1. The van der Waals surface area contributed by atoms with E-state index in [0.717, 1.165) is 11.3 Å². The Morgan fingerprint density at radius 2 is 1.82 bits per heavy atom. The molecule has 4 rings (SSSR count). The van der Waals surface area contributed by atoms with E-state index in [1.165, 1.54) is 12.1 Å². The number of halogens is 1. The van der Waals surface area contributed by atoms with Crippen molar-refractivity contribution in [1.82, 2.24) is 9.88 Å². The Morgan fingerprint density at radius 1 is 1.03 bits per heavy atom. The van der Waals surface area contributed by atoms with Crippen LogP contribution in [0.4, 0.5) is 10.1 Å². The minimum absolute atomic E-state index is 0.0149. The maximum atomic E-state index is 13.2. The lowest BCUT2D eigenvalue weighted by Gasteiger charge is -2.25. The summed E-state index contributed by atoms with van der Waals surface area (Å²) in [5, 5.41) is 0. The first-order valence-electron chi connectivity index (χ1n) is 11.3. The zero-order valence-electron chi connectivity index (χ0n) is 19.2. The first-order chi connectivity index (χ1) is 16.6. The number of aromatic nitrogens is 1. The summed E-state index contributed by atoms with van der Waals surface area (Å²) in [6.07, 6.45) is 1.96. The summed E-state index contributed by atoms with van der Waals surface area (Å²) in [5.74, 6) is 1.30. The molecular weight excluding hydrogens is 437 g/mol. The van der Waals surface area contributed by atoms with Gasteiger partial charge in [-0.3, -0.25) is 4.79 Å². The number of para-hydroxylation sites is 2. The van der Waals surface area contributed by atoms with Crippen molar-refractivity contribution in [1.29, 1.82) is 0 Å². The van der Waals surface area contributed by atoms with Crippen molar-refractivity contribution >= 4 is 11.6 Å². The van der Waals surface area contributed by atoms with Gasteiger partial charge in [-0.25, -0.2) is 9.37 Å². The number of benzene rings is 2. The SMILES string of the molecule is CN(CCC(=O)N1CCOCCOc2ccccc2Oc2ncccc2C1)c1ccc(F)cc1. The third-order valence-corrected chi connectivity index (χ3v) is 5.54. The normalized spacial score (nSPS) is 14.2. The van der Waals surface area contributed by atoms with Crippen molar-refractivity contribution in [3.05, 3.63) is 78.2 Å². The fourth-order valence-corrected chi connectivity index (χ4v) is 3.63. The number of ether oxygens (including phenoxy) is 3. The second-order valence-electron chi connectivity index (χ2n) is 7.94. The van der Waals surface area contributed by atoms with Crippen LogP contribution in [-0.4, -0.2) is 55.7 Å². The van der Waals surface area contributed by atoms with Crippen LogP contribution in [-0.2, 0) is 16.1 Å². The Hall–Kier alpha value is -3.65. The maximum Gasteiger partial charge on any atom is 0.224 e. The van der Waals surface area contributed by atoms with Crippen LogP contribution < -0.4 is 14.4 Å². The van der Waals surface area contributed by atoms with Gasteiger partial charge in [0, 0.05) is 44.0 Å². The average molecular weight is 466 g/mol. The van der Waals surface area contributed by atoms with Crippen LogP contribution in [0.3, 0.4) is 0 Å². The number of rotatable bonds is 4. The van der Waals surface area contributed by atoms with Crippen LogP contribution >= 0.6 is 0 Å². The fraction of sp³-hybridized carbons (Fsp3) is 0.308. The smallest absolute Gasteiger partial charge is 0.224 e. The molecule has 1 aliphatic rings. The van der Waals surface area contributed by atoms with Gasteiger partial charge in [0.05, 0.1) is 19.8 Å². The zero-order chi connectivity index (χ0) is 23.8. The molecule has 0 unspecified atom stereocenters. The van der Waals surface area contributed by atoms with Gasteiger partial charge in [0.15, 0.2) is 11.5 Å². The molecule has 7 nitrogen and oxygen atoms in total. The Morgan fingerprint density at radius 3 is 2.65 bits per heavy atom. The van der Waals surface area contributed by atoms with Gasteiger partial charge in [-0.2, -0.15) is 0 Å². The van der Waals surface area contributed by atoms with Crippen LogP contribution in [0, 0.1) is 5.82 Å². The van der Waals surface area contributed by atoms with E-state index < -0.39 is 0 Å². The van der Waals surface area contributed by atoms with Crippen molar-refractivity contribution < 1.29 is 23.4 Å².